The molecule has 8 heteroatoms. The van der Waals surface area contributed by atoms with Crippen LogP contribution in [0.1, 0.15) is 0 Å². The average molecular weight is 292 g/mol. The zero-order chi connectivity index (χ0) is 11.2. The molecule has 1 N–H and O–H groups in total. The molecular weight excluding hydrogens is 285 g/mol. The molecule has 15 heavy (non-hydrogen) atoms. The summed E-state index contributed by atoms with van der Waals surface area (Å²) in [4.78, 5) is 0. The zero-order valence-corrected chi connectivity index (χ0v) is 8.83. The van der Waals surface area contributed by atoms with Gasteiger partial charge in [-0.1, -0.05) is 36.4 Å². The predicted octanol–water partition coefficient (Wildman–Crippen LogP) is 2.08. The fraction of sp³-hybridized carbons (Fsp3) is 0.143. The van der Waals surface area contributed by atoms with Crippen LogP contribution < -0.4 is 0 Å². The Morgan fingerprint density at radius 3 is 1.07 bits per heavy atom. The van der Waals surface area contributed by atoms with Crippen molar-refractivity contribution in [1.82, 2.24) is 0 Å². The summed E-state index contributed by atoms with van der Waals surface area (Å²) in [6, 6.07) is 12.0. The number of halogens is 3. The van der Waals surface area contributed by atoms with Crippen molar-refractivity contribution >= 4 is 10.1 Å². The third-order valence-electron chi connectivity index (χ3n) is 0.959. The molecule has 0 fully saturated rings. The van der Waals surface area contributed by atoms with Crippen molar-refractivity contribution in [2.24, 2.45) is 0 Å². The van der Waals surface area contributed by atoms with Crippen molar-refractivity contribution in [3.8, 4) is 0 Å². The van der Waals surface area contributed by atoms with E-state index in [4.69, 9.17) is 13.0 Å². The minimum atomic E-state index is -5.84. The minimum Gasteiger partial charge on any atom is -0.279 e. The normalized spacial score (nSPS) is 10.7. The summed E-state index contributed by atoms with van der Waals surface area (Å²) in [5, 5.41) is 0. The van der Waals surface area contributed by atoms with Crippen LogP contribution in [0.3, 0.4) is 0 Å². The number of benzene rings is 1. The van der Waals surface area contributed by atoms with Gasteiger partial charge in [0.15, 0.2) is 0 Å². The van der Waals surface area contributed by atoms with Crippen LogP contribution in [-0.2, 0) is 27.2 Å². The third-order valence-corrected chi connectivity index (χ3v) is 1.54. The maximum absolute atomic E-state index is 10.7. The summed E-state index contributed by atoms with van der Waals surface area (Å²) < 4.78 is 57.5. The van der Waals surface area contributed by atoms with Crippen LogP contribution in [0.2, 0.25) is 0 Å². The Bertz CT molecular complexity index is 323. The van der Waals surface area contributed by atoms with E-state index in [1.807, 2.05) is 36.4 Å². The second-order valence-corrected chi connectivity index (χ2v) is 3.49. The van der Waals surface area contributed by atoms with Gasteiger partial charge in [0.05, 0.1) is 0 Å². The van der Waals surface area contributed by atoms with Gasteiger partial charge in [-0.2, -0.15) is 21.6 Å². The second-order valence-electron chi connectivity index (χ2n) is 2.08. The number of rotatable bonds is 0. The largest absolute Gasteiger partial charge is 0.522 e. The molecule has 0 aromatic heterocycles. The zero-order valence-electron chi connectivity index (χ0n) is 7.07. The summed E-state index contributed by atoms with van der Waals surface area (Å²) in [5.74, 6) is 0. The summed E-state index contributed by atoms with van der Waals surface area (Å²) in [5.41, 5.74) is -5.53. The van der Waals surface area contributed by atoms with Gasteiger partial charge in [-0.15, -0.1) is 0 Å². The van der Waals surface area contributed by atoms with Crippen molar-refractivity contribution in [2.45, 2.75) is 5.51 Å². The molecule has 0 aliphatic heterocycles. The molecule has 0 heterocycles. The molecule has 0 spiro atoms. The topological polar surface area (TPSA) is 54.4 Å². The van der Waals surface area contributed by atoms with E-state index in [9.17, 15) is 13.2 Å². The molecule has 0 bridgehead atoms. The van der Waals surface area contributed by atoms with Crippen LogP contribution in [0.5, 0.6) is 0 Å². The van der Waals surface area contributed by atoms with Gasteiger partial charge in [-0.3, -0.25) is 4.55 Å². The van der Waals surface area contributed by atoms with Crippen LogP contribution >= 0.6 is 0 Å². The molecule has 0 atom stereocenters. The van der Waals surface area contributed by atoms with Crippen LogP contribution in [0, 0.1) is 0 Å². The fourth-order valence-corrected chi connectivity index (χ4v) is 0.385. The molecule has 0 saturated carbocycles. The Kier molecular flexibility index (Phi) is 7.68. The maximum atomic E-state index is 10.7. The molecule has 3 nitrogen and oxygen atoms in total. The summed E-state index contributed by atoms with van der Waals surface area (Å²) in [6.45, 7) is 0. The molecule has 1 rings (SSSR count). The number of alkyl halides is 3. The van der Waals surface area contributed by atoms with Gasteiger partial charge in [0.25, 0.3) is 0 Å². The van der Waals surface area contributed by atoms with Crippen LogP contribution in [-0.4, -0.2) is 18.5 Å². The third kappa shape index (κ3) is 8.44. The molecule has 1 aromatic carbocycles. The van der Waals surface area contributed by atoms with Crippen molar-refractivity contribution < 1.29 is 43.2 Å². The van der Waals surface area contributed by atoms with Gasteiger partial charge in [-0.05, 0) is 0 Å². The number of hydrogen-bond acceptors (Lipinski definition) is 2. The summed E-state index contributed by atoms with van der Waals surface area (Å²) in [6.07, 6.45) is 0. The van der Waals surface area contributed by atoms with E-state index < -0.39 is 15.6 Å². The van der Waals surface area contributed by atoms with E-state index in [0.29, 0.717) is 0 Å². The summed E-state index contributed by atoms with van der Waals surface area (Å²) >= 11 is 0. The number of hydrogen-bond donors (Lipinski definition) is 1. The average Bonchev–Trinajstić information content (AvgIpc) is 2.05. The van der Waals surface area contributed by atoms with Gasteiger partial charge in [0.1, 0.15) is 0 Å². The second kappa shape index (κ2) is 6.84. The monoisotopic (exact) mass is 291 g/mol. The van der Waals surface area contributed by atoms with E-state index in [1.165, 1.54) is 0 Å². The van der Waals surface area contributed by atoms with Gasteiger partial charge < -0.3 is 0 Å². The Hall–Kier alpha value is -0.561. The first-order chi connectivity index (χ1) is 6.25. The Labute approximate surface area is 95.5 Å². The van der Waals surface area contributed by atoms with Crippen LogP contribution in [0.4, 0.5) is 13.2 Å². The van der Waals surface area contributed by atoms with E-state index in [2.05, 4.69) is 0 Å². The van der Waals surface area contributed by atoms with E-state index in [-0.39, 0.29) is 17.1 Å². The predicted molar refractivity (Wildman–Crippen MR) is 44.0 cm³/mol. The van der Waals surface area contributed by atoms with Crippen molar-refractivity contribution in [2.75, 3.05) is 0 Å². The molecule has 0 unspecified atom stereocenters. The van der Waals surface area contributed by atoms with Gasteiger partial charge in [-0.25, -0.2) is 0 Å². The molecule has 0 saturated heterocycles. The Morgan fingerprint density at radius 1 is 0.867 bits per heavy atom. The minimum absolute atomic E-state index is 0. The Balaban J connectivity index is 0. The molecule has 1 radical (unpaired) electrons. The van der Waals surface area contributed by atoms with E-state index in [1.54, 1.807) is 0 Å². The quantitative estimate of drug-likeness (QED) is 0.452. The van der Waals surface area contributed by atoms with E-state index in [0.717, 1.165) is 0 Å². The molecule has 0 aliphatic rings. The van der Waals surface area contributed by atoms with Crippen LogP contribution in [0.25, 0.3) is 0 Å². The first-order valence-electron chi connectivity index (χ1n) is 3.29. The van der Waals surface area contributed by atoms with Gasteiger partial charge >= 0.3 is 15.6 Å². The van der Waals surface area contributed by atoms with Gasteiger partial charge in [0.2, 0.25) is 0 Å². The smallest absolute Gasteiger partial charge is 0.279 e. The van der Waals surface area contributed by atoms with Crippen molar-refractivity contribution in [3.05, 3.63) is 36.4 Å². The van der Waals surface area contributed by atoms with Crippen LogP contribution in [0.15, 0.2) is 36.4 Å². The summed E-state index contributed by atoms with van der Waals surface area (Å²) in [7, 11) is -5.84. The first kappa shape index (κ1) is 16.9. The SMILES string of the molecule is O=S(=O)(O)C(F)(F)F.[Cu].c1ccccc1. The Morgan fingerprint density at radius 2 is 1.00 bits per heavy atom. The van der Waals surface area contributed by atoms with Gasteiger partial charge in [0, 0.05) is 17.1 Å². The molecule has 1 aromatic rings. The van der Waals surface area contributed by atoms with Crippen molar-refractivity contribution in [1.29, 1.82) is 0 Å². The fourth-order valence-electron chi connectivity index (χ4n) is 0.385. The standard InChI is InChI=1S/C6H6.CHF3O3S.Cu/c1-2-4-6-5-3-1;2-1(3,4)8(5,6)7;/h1-6H;(H,5,6,7);. The van der Waals surface area contributed by atoms with Crippen molar-refractivity contribution in [3.63, 3.8) is 0 Å². The molecule has 91 valence electrons. The maximum Gasteiger partial charge on any atom is 0.522 e. The first-order valence-corrected chi connectivity index (χ1v) is 4.73. The molecular formula is C7H7CuF3O3S. The van der Waals surface area contributed by atoms with E-state index >= 15 is 0 Å². The molecule has 0 amide bonds. The molecule has 0 aliphatic carbocycles.